The maximum Gasteiger partial charge on any atom is 0.280 e. The van der Waals surface area contributed by atoms with Gasteiger partial charge in [0.2, 0.25) is 17.4 Å². The molecular formula is C8H13N5O3. The van der Waals surface area contributed by atoms with Gasteiger partial charge in [-0.1, -0.05) is 0 Å². The number of hydrogen-bond acceptors (Lipinski definition) is 6. The Morgan fingerprint density at radius 3 is 2.38 bits per heavy atom. The smallest absolute Gasteiger partial charge is 0.280 e. The molecule has 1 aromatic rings. The second-order valence-electron chi connectivity index (χ2n) is 3.45. The standard InChI is InChI=1S/C8H13N5O3/c1-12(2)5(14)4-13(3)8(15)6-7(9)11-16-10-6/h4H2,1-3H3,(H2,9,11). The molecule has 0 aliphatic carbocycles. The minimum atomic E-state index is -0.506. The lowest BCUT2D eigenvalue weighted by Gasteiger charge is -2.17. The quantitative estimate of drug-likeness (QED) is 0.696. The maximum atomic E-state index is 11.7. The van der Waals surface area contributed by atoms with Gasteiger partial charge in [-0.3, -0.25) is 9.59 Å². The second-order valence-corrected chi connectivity index (χ2v) is 3.45. The van der Waals surface area contributed by atoms with Crippen LogP contribution in [0, 0.1) is 0 Å². The van der Waals surface area contributed by atoms with Crippen molar-refractivity contribution in [2.24, 2.45) is 0 Å². The van der Waals surface area contributed by atoms with Crippen LogP contribution in [0.5, 0.6) is 0 Å². The lowest BCUT2D eigenvalue weighted by molar-refractivity contribution is -0.129. The van der Waals surface area contributed by atoms with Crippen molar-refractivity contribution in [3.05, 3.63) is 5.69 Å². The molecule has 2 N–H and O–H groups in total. The van der Waals surface area contributed by atoms with E-state index >= 15 is 0 Å². The predicted octanol–water partition coefficient (Wildman–Crippen LogP) is -1.19. The Hall–Kier alpha value is -2.12. The molecule has 0 saturated carbocycles. The molecule has 16 heavy (non-hydrogen) atoms. The molecule has 1 aromatic heterocycles. The summed E-state index contributed by atoms with van der Waals surface area (Å²) in [7, 11) is 4.68. The fourth-order valence-electron chi connectivity index (χ4n) is 0.941. The number of carbonyl (C=O) groups excluding carboxylic acids is 2. The van der Waals surface area contributed by atoms with Crippen molar-refractivity contribution in [1.82, 2.24) is 20.1 Å². The van der Waals surface area contributed by atoms with E-state index in [-0.39, 0.29) is 24.0 Å². The molecule has 0 fully saturated rings. The van der Waals surface area contributed by atoms with Crippen LogP contribution in [0.25, 0.3) is 0 Å². The Bertz CT molecular complexity index is 400. The Balaban J connectivity index is 2.69. The van der Waals surface area contributed by atoms with Gasteiger partial charge < -0.3 is 15.5 Å². The first kappa shape index (κ1) is 12.0. The minimum Gasteiger partial charge on any atom is -0.379 e. The van der Waals surface area contributed by atoms with Gasteiger partial charge in [0, 0.05) is 21.1 Å². The molecule has 2 amide bonds. The van der Waals surface area contributed by atoms with Crippen LogP contribution in [0.2, 0.25) is 0 Å². The molecule has 0 unspecified atom stereocenters. The van der Waals surface area contributed by atoms with E-state index < -0.39 is 5.91 Å². The van der Waals surface area contributed by atoms with Crippen molar-refractivity contribution in [3.63, 3.8) is 0 Å². The Kier molecular flexibility index (Phi) is 3.44. The molecule has 0 atom stereocenters. The third-order valence-electron chi connectivity index (χ3n) is 1.93. The zero-order valence-corrected chi connectivity index (χ0v) is 9.30. The van der Waals surface area contributed by atoms with E-state index in [1.54, 1.807) is 14.1 Å². The molecular weight excluding hydrogens is 214 g/mol. The van der Waals surface area contributed by atoms with E-state index in [0.29, 0.717) is 0 Å². The van der Waals surface area contributed by atoms with E-state index in [0.717, 1.165) is 0 Å². The maximum absolute atomic E-state index is 11.7. The van der Waals surface area contributed by atoms with Crippen LogP contribution in [0.15, 0.2) is 4.63 Å². The summed E-state index contributed by atoms with van der Waals surface area (Å²) in [6.07, 6.45) is 0. The fourth-order valence-corrected chi connectivity index (χ4v) is 0.941. The molecule has 0 aliphatic rings. The zero-order valence-electron chi connectivity index (χ0n) is 9.30. The summed E-state index contributed by atoms with van der Waals surface area (Å²) in [5.41, 5.74) is 5.27. The van der Waals surface area contributed by atoms with Crippen LogP contribution in [0.1, 0.15) is 10.5 Å². The van der Waals surface area contributed by atoms with Crippen molar-refractivity contribution >= 4 is 17.6 Å². The van der Waals surface area contributed by atoms with E-state index in [9.17, 15) is 9.59 Å². The Morgan fingerprint density at radius 2 is 1.94 bits per heavy atom. The lowest BCUT2D eigenvalue weighted by Crippen LogP contribution is -2.38. The highest BCUT2D eigenvalue weighted by atomic mass is 16.6. The first-order chi connectivity index (χ1) is 7.43. The number of aromatic nitrogens is 2. The Morgan fingerprint density at radius 1 is 1.31 bits per heavy atom. The third kappa shape index (κ3) is 2.47. The van der Waals surface area contributed by atoms with Gasteiger partial charge in [-0.25, -0.2) is 4.63 Å². The van der Waals surface area contributed by atoms with E-state index in [2.05, 4.69) is 14.9 Å². The van der Waals surface area contributed by atoms with Crippen molar-refractivity contribution in [2.45, 2.75) is 0 Å². The number of anilines is 1. The molecule has 0 aromatic carbocycles. The lowest BCUT2D eigenvalue weighted by atomic mass is 10.3. The number of hydrogen-bond donors (Lipinski definition) is 1. The first-order valence-corrected chi connectivity index (χ1v) is 4.47. The van der Waals surface area contributed by atoms with Crippen LogP contribution in [-0.4, -0.2) is 59.6 Å². The summed E-state index contributed by atoms with van der Waals surface area (Å²) in [6.45, 7) is -0.0574. The molecule has 0 spiro atoms. The zero-order chi connectivity index (χ0) is 12.3. The Labute approximate surface area is 91.9 Å². The van der Waals surface area contributed by atoms with Gasteiger partial charge in [0.05, 0.1) is 6.54 Å². The highest BCUT2D eigenvalue weighted by molar-refractivity contribution is 5.97. The number of carbonyl (C=O) groups is 2. The average Bonchev–Trinajstić information content (AvgIpc) is 2.62. The van der Waals surface area contributed by atoms with Crippen LogP contribution in [0.4, 0.5) is 5.82 Å². The van der Waals surface area contributed by atoms with E-state index in [1.807, 2.05) is 0 Å². The molecule has 8 heteroatoms. The van der Waals surface area contributed by atoms with Crippen molar-refractivity contribution < 1.29 is 14.2 Å². The molecule has 1 heterocycles. The monoisotopic (exact) mass is 227 g/mol. The van der Waals surface area contributed by atoms with Crippen LogP contribution < -0.4 is 5.73 Å². The van der Waals surface area contributed by atoms with Crippen molar-refractivity contribution in [2.75, 3.05) is 33.4 Å². The topological polar surface area (TPSA) is 106 Å². The van der Waals surface area contributed by atoms with Gasteiger partial charge in [0.25, 0.3) is 5.91 Å². The van der Waals surface area contributed by atoms with E-state index in [4.69, 9.17) is 5.73 Å². The molecule has 88 valence electrons. The number of nitrogens with two attached hydrogens (primary N) is 1. The van der Waals surface area contributed by atoms with Gasteiger partial charge in [-0.05, 0) is 10.3 Å². The number of amides is 2. The number of rotatable bonds is 3. The third-order valence-corrected chi connectivity index (χ3v) is 1.93. The normalized spacial score (nSPS) is 9.94. The fraction of sp³-hybridized carbons (Fsp3) is 0.500. The van der Waals surface area contributed by atoms with Gasteiger partial charge in [0.15, 0.2) is 0 Å². The summed E-state index contributed by atoms with van der Waals surface area (Å²) in [5, 5.41) is 6.64. The first-order valence-electron chi connectivity index (χ1n) is 4.47. The minimum absolute atomic E-state index is 0.0574. The molecule has 8 nitrogen and oxygen atoms in total. The van der Waals surface area contributed by atoms with E-state index in [1.165, 1.54) is 16.8 Å². The molecule has 1 rings (SSSR count). The van der Waals surface area contributed by atoms with Gasteiger partial charge in [0.1, 0.15) is 0 Å². The second kappa shape index (κ2) is 4.60. The largest absolute Gasteiger partial charge is 0.379 e. The molecule has 0 saturated heterocycles. The highest BCUT2D eigenvalue weighted by Crippen LogP contribution is 2.07. The van der Waals surface area contributed by atoms with Gasteiger partial charge >= 0.3 is 0 Å². The summed E-state index contributed by atoms with van der Waals surface area (Å²) in [5.74, 6) is -0.797. The average molecular weight is 227 g/mol. The summed E-state index contributed by atoms with van der Waals surface area (Å²) < 4.78 is 4.30. The molecule has 0 bridgehead atoms. The summed E-state index contributed by atoms with van der Waals surface area (Å²) in [6, 6.07) is 0. The van der Waals surface area contributed by atoms with Crippen LogP contribution in [-0.2, 0) is 4.79 Å². The molecule has 0 radical (unpaired) electrons. The van der Waals surface area contributed by atoms with Crippen LogP contribution >= 0.6 is 0 Å². The SMILES string of the molecule is CN(C)C(=O)CN(C)C(=O)c1nonc1N. The molecule has 0 aliphatic heterocycles. The number of likely N-dealkylation sites (N-methyl/N-ethyl adjacent to an activating group) is 2. The van der Waals surface area contributed by atoms with Gasteiger partial charge in [-0.15, -0.1) is 0 Å². The highest BCUT2D eigenvalue weighted by Gasteiger charge is 2.22. The number of nitrogens with zero attached hydrogens (tertiary/aromatic N) is 4. The van der Waals surface area contributed by atoms with Crippen molar-refractivity contribution in [3.8, 4) is 0 Å². The number of nitrogen functional groups attached to an aromatic ring is 1. The van der Waals surface area contributed by atoms with Gasteiger partial charge in [-0.2, -0.15) is 0 Å². The van der Waals surface area contributed by atoms with Crippen molar-refractivity contribution in [1.29, 1.82) is 0 Å². The summed E-state index contributed by atoms with van der Waals surface area (Å²) in [4.78, 5) is 25.6. The van der Waals surface area contributed by atoms with Crippen LogP contribution in [0.3, 0.4) is 0 Å². The summed E-state index contributed by atoms with van der Waals surface area (Å²) >= 11 is 0. The predicted molar refractivity (Wildman–Crippen MR) is 54.4 cm³/mol.